The maximum Gasteiger partial charge on any atom is 0.196 e. The molecule has 28 heavy (non-hydrogen) atoms. The topological polar surface area (TPSA) is 62.5 Å². The van der Waals surface area contributed by atoms with Gasteiger partial charge in [0.2, 0.25) is 0 Å². The first kappa shape index (κ1) is 20.2. The van der Waals surface area contributed by atoms with Crippen molar-refractivity contribution < 1.29 is 9.90 Å². The lowest BCUT2D eigenvalue weighted by atomic mass is 10.1. The van der Waals surface area contributed by atoms with E-state index >= 15 is 0 Å². The van der Waals surface area contributed by atoms with Crippen LogP contribution < -0.4 is 0 Å². The van der Waals surface area contributed by atoms with E-state index in [-0.39, 0.29) is 12.3 Å². The summed E-state index contributed by atoms with van der Waals surface area (Å²) in [5, 5.41) is 11.3. The van der Waals surface area contributed by atoms with Gasteiger partial charge in [0.05, 0.1) is 10.6 Å². The lowest BCUT2D eigenvalue weighted by Gasteiger charge is -2.04. The lowest BCUT2D eigenvalue weighted by Crippen LogP contribution is -2.03. The van der Waals surface area contributed by atoms with Gasteiger partial charge in [-0.25, -0.2) is 4.98 Å². The van der Waals surface area contributed by atoms with Crippen LogP contribution in [0.2, 0.25) is 5.02 Å². The third-order valence-corrected chi connectivity index (χ3v) is 5.92. The van der Waals surface area contributed by atoms with E-state index in [9.17, 15) is 9.90 Å². The SMILES string of the molecule is Cc1cc(Cl)ccc1-c1nc(C)c(C(=O)CN=Cc2cc(C)c(O)c(C)c2)s1. The molecule has 0 spiro atoms. The number of phenols is 1. The number of aryl methyl sites for hydroxylation is 4. The molecule has 1 heterocycles. The highest BCUT2D eigenvalue weighted by molar-refractivity contribution is 7.17. The number of rotatable bonds is 5. The number of ketones is 1. The Kier molecular flexibility index (Phi) is 5.96. The molecule has 2 aromatic carbocycles. The van der Waals surface area contributed by atoms with Crippen molar-refractivity contribution >= 4 is 34.9 Å². The summed E-state index contributed by atoms with van der Waals surface area (Å²) in [5.74, 6) is 0.231. The smallest absolute Gasteiger partial charge is 0.196 e. The van der Waals surface area contributed by atoms with Gasteiger partial charge in [-0.15, -0.1) is 11.3 Å². The summed E-state index contributed by atoms with van der Waals surface area (Å²) >= 11 is 7.41. The zero-order valence-corrected chi connectivity index (χ0v) is 17.8. The maximum absolute atomic E-state index is 12.6. The van der Waals surface area contributed by atoms with E-state index in [0.717, 1.165) is 32.8 Å². The highest BCUT2D eigenvalue weighted by Gasteiger charge is 2.16. The molecule has 0 unspecified atom stereocenters. The van der Waals surface area contributed by atoms with Crippen molar-refractivity contribution in [1.82, 2.24) is 4.98 Å². The summed E-state index contributed by atoms with van der Waals surface area (Å²) in [5.41, 5.74) is 5.15. The van der Waals surface area contributed by atoms with Crippen molar-refractivity contribution in [3.63, 3.8) is 0 Å². The first-order valence-electron chi connectivity index (χ1n) is 8.83. The van der Waals surface area contributed by atoms with Gasteiger partial charge in [-0.3, -0.25) is 9.79 Å². The number of nitrogens with zero attached hydrogens (tertiary/aromatic N) is 2. The predicted molar refractivity (Wildman–Crippen MR) is 116 cm³/mol. The van der Waals surface area contributed by atoms with Crippen LogP contribution in [-0.2, 0) is 0 Å². The number of aliphatic imine (C=N–C) groups is 1. The fraction of sp³-hybridized carbons (Fsp3) is 0.227. The third kappa shape index (κ3) is 4.32. The molecule has 1 aromatic heterocycles. The standard InChI is InChI=1S/C22H21ClN2O2S/c1-12-9-17(23)5-6-18(12)22-25-15(4)21(28-22)19(26)11-24-10-16-7-13(2)20(27)14(3)8-16/h5-10,27H,11H2,1-4H3. The molecule has 0 atom stereocenters. The van der Waals surface area contributed by atoms with Crippen molar-refractivity contribution in [2.75, 3.05) is 6.54 Å². The van der Waals surface area contributed by atoms with Gasteiger partial charge < -0.3 is 5.11 Å². The molecule has 3 rings (SSSR count). The molecule has 144 valence electrons. The highest BCUT2D eigenvalue weighted by atomic mass is 35.5. The zero-order valence-electron chi connectivity index (χ0n) is 16.2. The Labute approximate surface area is 173 Å². The largest absolute Gasteiger partial charge is 0.507 e. The molecular weight excluding hydrogens is 392 g/mol. The van der Waals surface area contributed by atoms with Gasteiger partial charge in [0.25, 0.3) is 0 Å². The lowest BCUT2D eigenvalue weighted by molar-refractivity contribution is 0.100. The molecule has 4 nitrogen and oxygen atoms in total. The molecule has 1 N–H and O–H groups in total. The van der Waals surface area contributed by atoms with Gasteiger partial charge in [-0.2, -0.15) is 0 Å². The number of benzene rings is 2. The summed E-state index contributed by atoms with van der Waals surface area (Å²) < 4.78 is 0. The fourth-order valence-corrected chi connectivity index (χ4v) is 4.32. The summed E-state index contributed by atoms with van der Waals surface area (Å²) in [6.45, 7) is 7.55. The Hall–Kier alpha value is -2.50. The Morgan fingerprint density at radius 1 is 1.14 bits per heavy atom. The first-order chi connectivity index (χ1) is 13.3. The molecule has 0 aliphatic carbocycles. The van der Waals surface area contributed by atoms with Crippen LogP contribution in [0.4, 0.5) is 0 Å². The molecule has 0 amide bonds. The molecule has 6 heteroatoms. The second-order valence-electron chi connectivity index (χ2n) is 6.79. The highest BCUT2D eigenvalue weighted by Crippen LogP contribution is 2.31. The molecule has 0 saturated heterocycles. The minimum atomic E-state index is -0.0589. The normalized spacial score (nSPS) is 11.3. The molecule has 3 aromatic rings. The number of aromatic nitrogens is 1. The van der Waals surface area contributed by atoms with Crippen molar-refractivity contribution in [3.05, 3.63) is 68.2 Å². The third-order valence-electron chi connectivity index (χ3n) is 4.46. The molecular formula is C22H21ClN2O2S. The van der Waals surface area contributed by atoms with Crippen LogP contribution in [0.25, 0.3) is 10.6 Å². The van der Waals surface area contributed by atoms with E-state index in [1.807, 2.05) is 58.0 Å². The van der Waals surface area contributed by atoms with Gasteiger partial charge in [0.1, 0.15) is 17.3 Å². The van der Waals surface area contributed by atoms with E-state index in [2.05, 4.69) is 9.98 Å². The minimum Gasteiger partial charge on any atom is -0.507 e. The number of halogens is 1. The fourth-order valence-electron chi connectivity index (χ4n) is 3.01. The van der Waals surface area contributed by atoms with Gasteiger partial charge in [-0.1, -0.05) is 17.7 Å². The van der Waals surface area contributed by atoms with Crippen molar-refractivity contribution in [2.24, 2.45) is 4.99 Å². The summed E-state index contributed by atoms with van der Waals surface area (Å²) in [4.78, 5) is 22.1. The van der Waals surface area contributed by atoms with Crippen LogP contribution in [-0.4, -0.2) is 28.6 Å². The average Bonchev–Trinajstić information content (AvgIpc) is 3.01. The maximum atomic E-state index is 12.6. The second-order valence-corrected chi connectivity index (χ2v) is 8.22. The van der Waals surface area contributed by atoms with Crippen molar-refractivity contribution in [2.45, 2.75) is 27.7 Å². The Morgan fingerprint density at radius 3 is 2.46 bits per heavy atom. The number of thiazole rings is 1. The van der Waals surface area contributed by atoms with Crippen LogP contribution in [0.1, 0.15) is 37.6 Å². The van der Waals surface area contributed by atoms with E-state index in [0.29, 0.717) is 21.3 Å². The molecule has 0 aliphatic rings. The molecule has 0 bridgehead atoms. The second kappa shape index (κ2) is 8.25. The van der Waals surface area contributed by atoms with Crippen LogP contribution in [0.3, 0.4) is 0 Å². The van der Waals surface area contributed by atoms with Crippen LogP contribution in [0.5, 0.6) is 5.75 Å². The number of aromatic hydroxyl groups is 1. The van der Waals surface area contributed by atoms with Crippen LogP contribution >= 0.6 is 22.9 Å². The molecule has 0 radical (unpaired) electrons. The van der Waals surface area contributed by atoms with Crippen LogP contribution in [0, 0.1) is 27.7 Å². The monoisotopic (exact) mass is 412 g/mol. The number of carbonyl (C=O) groups excluding carboxylic acids is 1. The Balaban J connectivity index is 1.77. The van der Waals surface area contributed by atoms with E-state index in [4.69, 9.17) is 11.6 Å². The molecule has 0 fully saturated rings. The van der Waals surface area contributed by atoms with E-state index in [1.165, 1.54) is 11.3 Å². The number of Topliss-reactive ketones (excluding diaryl/α,β-unsaturated/α-hetero) is 1. The van der Waals surface area contributed by atoms with Crippen LogP contribution in [0.15, 0.2) is 35.3 Å². The van der Waals surface area contributed by atoms with Gasteiger partial charge >= 0.3 is 0 Å². The number of carbonyl (C=O) groups is 1. The predicted octanol–water partition coefficient (Wildman–Crippen LogP) is 5.70. The van der Waals surface area contributed by atoms with E-state index < -0.39 is 0 Å². The number of phenolic OH excluding ortho intramolecular Hbond substituents is 1. The van der Waals surface area contributed by atoms with Gasteiger partial charge in [0.15, 0.2) is 5.78 Å². The van der Waals surface area contributed by atoms with Crippen molar-refractivity contribution in [1.29, 1.82) is 0 Å². The van der Waals surface area contributed by atoms with Crippen molar-refractivity contribution in [3.8, 4) is 16.3 Å². The summed E-state index contributed by atoms with van der Waals surface area (Å²) in [6, 6.07) is 9.33. The quantitative estimate of drug-likeness (QED) is 0.431. The molecule has 0 aliphatic heterocycles. The van der Waals surface area contributed by atoms with Gasteiger partial charge in [-0.05, 0) is 74.2 Å². The zero-order chi connectivity index (χ0) is 20.4. The Morgan fingerprint density at radius 2 is 1.82 bits per heavy atom. The summed E-state index contributed by atoms with van der Waals surface area (Å²) in [7, 11) is 0. The number of hydrogen-bond acceptors (Lipinski definition) is 5. The average molecular weight is 413 g/mol. The summed E-state index contributed by atoms with van der Waals surface area (Å²) in [6.07, 6.45) is 1.66. The van der Waals surface area contributed by atoms with Gasteiger partial charge in [0, 0.05) is 16.8 Å². The number of hydrogen-bond donors (Lipinski definition) is 1. The van der Waals surface area contributed by atoms with E-state index in [1.54, 1.807) is 6.21 Å². The Bertz CT molecular complexity index is 1060. The minimum absolute atomic E-state index is 0.0566. The first-order valence-corrected chi connectivity index (χ1v) is 10.0. The molecule has 0 saturated carbocycles.